The third kappa shape index (κ3) is 5.00. The fraction of sp³-hybridized carbons (Fsp3) is 0.600. The number of rotatable bonds is 10. The zero-order valence-electron chi connectivity index (χ0n) is 12.8. The van der Waals surface area contributed by atoms with Gasteiger partial charge in [-0.2, -0.15) is 0 Å². The molecule has 0 saturated carbocycles. The minimum absolute atomic E-state index is 0.0812. The van der Waals surface area contributed by atoms with E-state index >= 15 is 0 Å². The maximum Gasteiger partial charge on any atom is 0.127 e. The largest absolute Gasteiger partial charge is 0.497 e. The lowest BCUT2D eigenvalue weighted by Gasteiger charge is -2.21. The van der Waals surface area contributed by atoms with Crippen molar-refractivity contribution >= 4 is 0 Å². The van der Waals surface area contributed by atoms with Gasteiger partial charge in [-0.25, -0.2) is 0 Å². The highest BCUT2D eigenvalue weighted by Crippen LogP contribution is 2.29. The summed E-state index contributed by atoms with van der Waals surface area (Å²) < 4.78 is 21.3. The number of likely N-dealkylation sites (N-methyl/N-ethyl adjacent to an activating group) is 1. The normalized spacial score (nSPS) is 12.2. The highest BCUT2D eigenvalue weighted by atomic mass is 16.5. The Morgan fingerprint density at radius 2 is 1.90 bits per heavy atom. The van der Waals surface area contributed by atoms with E-state index in [0.717, 1.165) is 23.6 Å². The van der Waals surface area contributed by atoms with Crippen LogP contribution in [0.15, 0.2) is 18.2 Å². The summed E-state index contributed by atoms with van der Waals surface area (Å²) in [6, 6.07) is 5.90. The molecule has 0 spiro atoms. The van der Waals surface area contributed by atoms with Crippen LogP contribution in [-0.2, 0) is 9.47 Å². The Morgan fingerprint density at radius 1 is 1.10 bits per heavy atom. The third-order valence-corrected chi connectivity index (χ3v) is 2.98. The van der Waals surface area contributed by atoms with Gasteiger partial charge in [0, 0.05) is 18.7 Å². The van der Waals surface area contributed by atoms with Gasteiger partial charge in [0.2, 0.25) is 0 Å². The molecule has 1 atom stereocenters. The SMILES string of the molecule is CCNC(COCCOC)c1ccc(OC)cc1OC. The van der Waals surface area contributed by atoms with Crippen molar-refractivity contribution in [2.45, 2.75) is 13.0 Å². The summed E-state index contributed by atoms with van der Waals surface area (Å²) in [5, 5.41) is 3.40. The first-order valence-electron chi connectivity index (χ1n) is 6.78. The van der Waals surface area contributed by atoms with E-state index in [4.69, 9.17) is 18.9 Å². The second-order valence-electron chi connectivity index (χ2n) is 4.29. The first-order chi connectivity index (χ1) is 9.76. The Labute approximate surface area is 121 Å². The highest BCUT2D eigenvalue weighted by molar-refractivity contribution is 5.42. The molecule has 0 heterocycles. The third-order valence-electron chi connectivity index (χ3n) is 2.98. The number of hydrogen-bond donors (Lipinski definition) is 1. The number of methoxy groups -OCH3 is 3. The Bertz CT molecular complexity index is 384. The molecule has 114 valence electrons. The standard InChI is InChI=1S/C15H25NO4/c1-5-16-14(11-20-9-8-17-2)13-7-6-12(18-3)10-15(13)19-4/h6-7,10,14,16H,5,8-9,11H2,1-4H3. The zero-order valence-corrected chi connectivity index (χ0v) is 12.8. The van der Waals surface area contributed by atoms with E-state index in [1.54, 1.807) is 21.3 Å². The lowest BCUT2D eigenvalue weighted by molar-refractivity contribution is 0.0584. The maximum atomic E-state index is 5.62. The average Bonchev–Trinajstić information content (AvgIpc) is 2.49. The van der Waals surface area contributed by atoms with Crippen molar-refractivity contribution in [1.29, 1.82) is 0 Å². The number of benzene rings is 1. The van der Waals surface area contributed by atoms with E-state index in [1.165, 1.54) is 0 Å². The molecule has 0 radical (unpaired) electrons. The predicted octanol–water partition coefficient (Wildman–Crippen LogP) is 2.02. The van der Waals surface area contributed by atoms with Crippen LogP contribution in [-0.4, -0.2) is 47.7 Å². The molecule has 20 heavy (non-hydrogen) atoms. The molecule has 5 heteroatoms. The van der Waals surface area contributed by atoms with Gasteiger partial charge in [-0.1, -0.05) is 6.92 Å². The molecule has 0 aliphatic heterocycles. The van der Waals surface area contributed by atoms with Crippen LogP contribution in [0.4, 0.5) is 0 Å². The van der Waals surface area contributed by atoms with Gasteiger partial charge in [0.1, 0.15) is 11.5 Å². The Morgan fingerprint density at radius 3 is 2.50 bits per heavy atom. The average molecular weight is 283 g/mol. The van der Waals surface area contributed by atoms with Crippen molar-refractivity contribution in [3.63, 3.8) is 0 Å². The molecule has 0 saturated heterocycles. The molecular weight excluding hydrogens is 258 g/mol. The minimum atomic E-state index is 0.0812. The van der Waals surface area contributed by atoms with Gasteiger partial charge in [-0.3, -0.25) is 0 Å². The lowest BCUT2D eigenvalue weighted by atomic mass is 10.1. The Hall–Kier alpha value is -1.30. The van der Waals surface area contributed by atoms with E-state index in [-0.39, 0.29) is 6.04 Å². The lowest BCUT2D eigenvalue weighted by Crippen LogP contribution is -2.26. The van der Waals surface area contributed by atoms with Gasteiger partial charge in [-0.05, 0) is 18.7 Å². The van der Waals surface area contributed by atoms with Crippen LogP contribution in [0.5, 0.6) is 11.5 Å². The molecule has 1 N–H and O–H groups in total. The highest BCUT2D eigenvalue weighted by Gasteiger charge is 2.16. The smallest absolute Gasteiger partial charge is 0.127 e. The van der Waals surface area contributed by atoms with Crippen LogP contribution in [0, 0.1) is 0 Å². The van der Waals surface area contributed by atoms with Crippen LogP contribution in [0.1, 0.15) is 18.5 Å². The van der Waals surface area contributed by atoms with Crippen LogP contribution in [0.25, 0.3) is 0 Å². The second-order valence-corrected chi connectivity index (χ2v) is 4.29. The van der Waals surface area contributed by atoms with Gasteiger partial charge < -0.3 is 24.3 Å². The van der Waals surface area contributed by atoms with E-state index < -0.39 is 0 Å². The van der Waals surface area contributed by atoms with Crippen molar-refractivity contribution in [3.05, 3.63) is 23.8 Å². The fourth-order valence-electron chi connectivity index (χ4n) is 1.95. The van der Waals surface area contributed by atoms with E-state index in [2.05, 4.69) is 12.2 Å². The van der Waals surface area contributed by atoms with Gasteiger partial charge >= 0.3 is 0 Å². The van der Waals surface area contributed by atoms with Crippen LogP contribution < -0.4 is 14.8 Å². The quantitative estimate of drug-likeness (QED) is 0.666. The Kier molecular flexibility index (Phi) is 8.02. The van der Waals surface area contributed by atoms with Crippen LogP contribution >= 0.6 is 0 Å². The molecule has 0 aliphatic rings. The van der Waals surface area contributed by atoms with E-state index in [9.17, 15) is 0 Å². The van der Waals surface area contributed by atoms with Crippen molar-refractivity contribution < 1.29 is 18.9 Å². The van der Waals surface area contributed by atoms with Gasteiger partial charge in [0.05, 0.1) is 40.1 Å². The van der Waals surface area contributed by atoms with Gasteiger partial charge in [-0.15, -0.1) is 0 Å². The zero-order chi connectivity index (χ0) is 14.8. The first-order valence-corrected chi connectivity index (χ1v) is 6.78. The predicted molar refractivity (Wildman–Crippen MR) is 78.7 cm³/mol. The van der Waals surface area contributed by atoms with Crippen LogP contribution in [0.3, 0.4) is 0 Å². The van der Waals surface area contributed by atoms with Gasteiger partial charge in [0.15, 0.2) is 0 Å². The summed E-state index contributed by atoms with van der Waals surface area (Å²) in [6.07, 6.45) is 0. The molecule has 1 unspecified atom stereocenters. The first kappa shape index (κ1) is 16.8. The number of hydrogen-bond acceptors (Lipinski definition) is 5. The molecule has 1 aromatic rings. The summed E-state index contributed by atoms with van der Waals surface area (Å²) in [5.74, 6) is 1.58. The topological polar surface area (TPSA) is 49.0 Å². The van der Waals surface area contributed by atoms with Crippen molar-refractivity contribution in [3.8, 4) is 11.5 Å². The molecule has 0 bridgehead atoms. The van der Waals surface area contributed by atoms with E-state index in [1.807, 2.05) is 18.2 Å². The van der Waals surface area contributed by atoms with Crippen molar-refractivity contribution in [2.75, 3.05) is 47.7 Å². The molecule has 1 aromatic carbocycles. The van der Waals surface area contributed by atoms with Gasteiger partial charge in [0.25, 0.3) is 0 Å². The molecular formula is C15H25NO4. The number of nitrogens with one attached hydrogen (secondary N) is 1. The van der Waals surface area contributed by atoms with E-state index in [0.29, 0.717) is 19.8 Å². The summed E-state index contributed by atoms with van der Waals surface area (Å²) in [6.45, 7) is 4.67. The summed E-state index contributed by atoms with van der Waals surface area (Å²) >= 11 is 0. The van der Waals surface area contributed by atoms with Crippen molar-refractivity contribution in [1.82, 2.24) is 5.32 Å². The fourth-order valence-corrected chi connectivity index (χ4v) is 1.95. The van der Waals surface area contributed by atoms with Crippen molar-refractivity contribution in [2.24, 2.45) is 0 Å². The minimum Gasteiger partial charge on any atom is -0.497 e. The summed E-state index contributed by atoms with van der Waals surface area (Å²) in [7, 11) is 4.97. The molecule has 0 aromatic heterocycles. The monoisotopic (exact) mass is 283 g/mol. The second kappa shape index (κ2) is 9.58. The molecule has 0 aliphatic carbocycles. The number of ether oxygens (including phenoxy) is 4. The molecule has 5 nitrogen and oxygen atoms in total. The molecule has 0 amide bonds. The Balaban J connectivity index is 2.78. The molecule has 1 rings (SSSR count). The maximum absolute atomic E-state index is 5.62. The summed E-state index contributed by atoms with van der Waals surface area (Å²) in [5.41, 5.74) is 1.06. The van der Waals surface area contributed by atoms with Crippen LogP contribution in [0.2, 0.25) is 0 Å². The summed E-state index contributed by atoms with van der Waals surface area (Å²) in [4.78, 5) is 0. The molecule has 0 fully saturated rings.